The molecule has 0 aliphatic rings. The number of esters is 2. The van der Waals surface area contributed by atoms with Crippen LogP contribution < -0.4 is 0 Å². The summed E-state index contributed by atoms with van der Waals surface area (Å²) in [6.45, 7) is 1.50. The van der Waals surface area contributed by atoms with E-state index in [1.807, 2.05) is 18.2 Å². The Kier molecular flexibility index (Phi) is 5.13. The van der Waals surface area contributed by atoms with Crippen molar-refractivity contribution in [3.05, 3.63) is 68.2 Å². The lowest BCUT2D eigenvalue weighted by Gasteiger charge is -2.13. The summed E-state index contributed by atoms with van der Waals surface area (Å²) < 4.78 is 10.1. The average Bonchev–Trinajstić information content (AvgIpc) is 3.16. The van der Waals surface area contributed by atoms with Crippen molar-refractivity contribution in [2.75, 3.05) is 7.11 Å². The lowest BCUT2D eigenvalue weighted by molar-refractivity contribution is -0.380. The van der Waals surface area contributed by atoms with E-state index in [0.717, 1.165) is 16.7 Å². The molecule has 0 bridgehead atoms. The Balaban J connectivity index is 1.92. The van der Waals surface area contributed by atoms with Gasteiger partial charge in [-0.3, -0.25) is 10.1 Å². The summed E-state index contributed by atoms with van der Waals surface area (Å²) in [4.78, 5) is 39.1. The third-order valence-electron chi connectivity index (χ3n) is 3.93. The van der Waals surface area contributed by atoms with E-state index in [1.54, 1.807) is 13.0 Å². The predicted octanol–water partition coefficient (Wildman–Crippen LogP) is 3.66. The third kappa shape index (κ3) is 3.63. The van der Waals surface area contributed by atoms with Gasteiger partial charge in [-0.15, -0.1) is 0 Å². The van der Waals surface area contributed by atoms with Gasteiger partial charge in [0.05, 0.1) is 28.8 Å². The molecular formula is C18H14N2O6S. The standard InChI is InChI=1S/C18H14N2O6S/c1-10-11-5-3-4-6-12(11)19-13(16(10)18(22)25-2)9-26-17(21)14-7-8-15(27-14)20(23)24/h3-8H,9H2,1-2H3. The quantitative estimate of drug-likeness (QED) is 0.374. The summed E-state index contributed by atoms with van der Waals surface area (Å²) in [5.74, 6) is -1.31. The second-order valence-electron chi connectivity index (χ2n) is 5.54. The highest BCUT2D eigenvalue weighted by atomic mass is 32.1. The minimum atomic E-state index is -0.725. The predicted molar refractivity (Wildman–Crippen MR) is 97.9 cm³/mol. The molecule has 9 heteroatoms. The first kappa shape index (κ1) is 18.5. The third-order valence-corrected chi connectivity index (χ3v) is 4.95. The van der Waals surface area contributed by atoms with Crippen LogP contribution in [0.3, 0.4) is 0 Å². The van der Waals surface area contributed by atoms with Crippen LogP contribution in [-0.4, -0.2) is 29.0 Å². The number of pyridine rings is 1. The highest BCUT2D eigenvalue weighted by molar-refractivity contribution is 7.17. The van der Waals surface area contributed by atoms with Crippen molar-refractivity contribution in [3.63, 3.8) is 0 Å². The van der Waals surface area contributed by atoms with Crippen LogP contribution >= 0.6 is 11.3 Å². The average molecular weight is 386 g/mol. The van der Waals surface area contributed by atoms with Gasteiger partial charge in [-0.25, -0.2) is 14.6 Å². The number of aryl methyl sites for hydroxylation is 1. The molecule has 0 atom stereocenters. The molecule has 2 heterocycles. The molecule has 0 N–H and O–H groups in total. The lowest BCUT2D eigenvalue weighted by atomic mass is 10.0. The van der Waals surface area contributed by atoms with Crippen LogP contribution in [0.25, 0.3) is 10.9 Å². The normalized spacial score (nSPS) is 10.6. The first-order valence-electron chi connectivity index (χ1n) is 7.80. The Labute approximate surface area is 157 Å². The smallest absolute Gasteiger partial charge is 0.348 e. The van der Waals surface area contributed by atoms with Crippen LogP contribution in [-0.2, 0) is 16.1 Å². The summed E-state index contributed by atoms with van der Waals surface area (Å²) >= 11 is 0.719. The van der Waals surface area contributed by atoms with Crippen molar-refractivity contribution in [2.24, 2.45) is 0 Å². The van der Waals surface area contributed by atoms with E-state index in [1.165, 1.54) is 19.2 Å². The van der Waals surface area contributed by atoms with E-state index >= 15 is 0 Å². The Bertz CT molecular complexity index is 1060. The Morgan fingerprint density at radius 3 is 2.59 bits per heavy atom. The molecular weight excluding hydrogens is 372 g/mol. The molecule has 3 aromatic rings. The molecule has 3 rings (SSSR count). The number of hydrogen-bond acceptors (Lipinski definition) is 8. The molecule has 27 heavy (non-hydrogen) atoms. The van der Waals surface area contributed by atoms with Gasteiger partial charge < -0.3 is 9.47 Å². The molecule has 0 aliphatic carbocycles. The summed E-state index contributed by atoms with van der Waals surface area (Å²) in [6.07, 6.45) is 0. The van der Waals surface area contributed by atoms with Crippen LogP contribution in [0.2, 0.25) is 0 Å². The molecule has 138 valence electrons. The second kappa shape index (κ2) is 7.50. The van der Waals surface area contributed by atoms with Gasteiger partial charge in [-0.1, -0.05) is 29.5 Å². The molecule has 0 fully saturated rings. The van der Waals surface area contributed by atoms with E-state index in [9.17, 15) is 19.7 Å². The molecule has 0 unspecified atom stereocenters. The first-order valence-corrected chi connectivity index (χ1v) is 8.62. The van der Waals surface area contributed by atoms with Crippen molar-refractivity contribution >= 4 is 39.2 Å². The molecule has 0 saturated carbocycles. The van der Waals surface area contributed by atoms with Crippen molar-refractivity contribution in [1.29, 1.82) is 0 Å². The van der Waals surface area contributed by atoms with Gasteiger partial charge in [0.25, 0.3) is 0 Å². The minimum Gasteiger partial charge on any atom is -0.465 e. The van der Waals surface area contributed by atoms with E-state index < -0.39 is 16.9 Å². The van der Waals surface area contributed by atoms with Crippen LogP contribution in [0.1, 0.15) is 31.3 Å². The number of aromatic nitrogens is 1. The van der Waals surface area contributed by atoms with Gasteiger partial charge in [-0.05, 0) is 24.6 Å². The summed E-state index contributed by atoms with van der Waals surface area (Å²) in [5, 5.41) is 11.4. The topological polar surface area (TPSA) is 109 Å². The van der Waals surface area contributed by atoms with Crippen LogP contribution in [0, 0.1) is 17.0 Å². The number of thiophene rings is 1. The lowest BCUT2D eigenvalue weighted by Crippen LogP contribution is -2.13. The number of rotatable bonds is 5. The van der Waals surface area contributed by atoms with Gasteiger partial charge in [0, 0.05) is 11.5 Å². The van der Waals surface area contributed by atoms with Crippen molar-refractivity contribution in [3.8, 4) is 0 Å². The summed E-state index contributed by atoms with van der Waals surface area (Å²) in [7, 11) is 1.26. The van der Waals surface area contributed by atoms with Gasteiger partial charge in [0.2, 0.25) is 0 Å². The number of para-hydroxylation sites is 1. The van der Waals surface area contributed by atoms with Gasteiger partial charge >= 0.3 is 16.9 Å². The number of carbonyl (C=O) groups excluding carboxylic acids is 2. The van der Waals surface area contributed by atoms with Crippen molar-refractivity contribution < 1.29 is 24.0 Å². The van der Waals surface area contributed by atoms with E-state index in [-0.39, 0.29) is 27.7 Å². The number of hydrogen-bond donors (Lipinski definition) is 0. The highest BCUT2D eigenvalue weighted by Gasteiger charge is 2.22. The number of nitro groups is 1. The van der Waals surface area contributed by atoms with E-state index in [4.69, 9.17) is 9.47 Å². The van der Waals surface area contributed by atoms with Crippen molar-refractivity contribution in [1.82, 2.24) is 4.98 Å². The molecule has 0 radical (unpaired) electrons. The second-order valence-corrected chi connectivity index (χ2v) is 6.60. The molecule has 0 saturated heterocycles. The summed E-state index contributed by atoms with van der Waals surface area (Å²) in [5.41, 5.74) is 1.82. The fraction of sp³-hybridized carbons (Fsp3) is 0.167. The monoisotopic (exact) mass is 386 g/mol. The maximum atomic E-state index is 12.2. The Morgan fingerprint density at radius 2 is 1.93 bits per heavy atom. The SMILES string of the molecule is COC(=O)c1c(COC(=O)c2ccc([N+](=O)[O-])s2)nc2ccccc2c1C. The van der Waals surface area contributed by atoms with Crippen molar-refractivity contribution in [2.45, 2.75) is 13.5 Å². The molecule has 0 spiro atoms. The molecule has 8 nitrogen and oxygen atoms in total. The fourth-order valence-electron chi connectivity index (χ4n) is 2.66. The largest absolute Gasteiger partial charge is 0.465 e. The molecule has 0 aliphatic heterocycles. The zero-order valence-electron chi connectivity index (χ0n) is 14.4. The van der Waals surface area contributed by atoms with Gasteiger partial charge in [0.1, 0.15) is 11.5 Å². The Hall–Kier alpha value is -3.33. The molecule has 2 aromatic heterocycles. The maximum absolute atomic E-state index is 12.2. The number of ether oxygens (including phenoxy) is 2. The number of fused-ring (bicyclic) bond motifs is 1. The number of benzene rings is 1. The summed E-state index contributed by atoms with van der Waals surface area (Å²) in [6, 6.07) is 9.83. The number of methoxy groups -OCH3 is 1. The Morgan fingerprint density at radius 1 is 1.19 bits per heavy atom. The van der Waals surface area contributed by atoms with Gasteiger partial charge in [-0.2, -0.15) is 0 Å². The zero-order valence-corrected chi connectivity index (χ0v) is 15.2. The van der Waals surface area contributed by atoms with Crippen LogP contribution in [0.15, 0.2) is 36.4 Å². The van der Waals surface area contributed by atoms with Gasteiger partial charge in [0.15, 0.2) is 0 Å². The molecule has 1 aromatic carbocycles. The fourth-order valence-corrected chi connectivity index (χ4v) is 3.37. The number of nitrogens with zero attached hydrogens (tertiary/aromatic N) is 2. The van der Waals surface area contributed by atoms with Crippen LogP contribution in [0.5, 0.6) is 0 Å². The first-order chi connectivity index (χ1) is 12.9. The molecule has 0 amide bonds. The minimum absolute atomic E-state index is 0.0961. The zero-order chi connectivity index (χ0) is 19.6. The number of carbonyl (C=O) groups is 2. The van der Waals surface area contributed by atoms with E-state index in [2.05, 4.69) is 4.98 Å². The van der Waals surface area contributed by atoms with E-state index in [0.29, 0.717) is 11.1 Å². The van der Waals surface area contributed by atoms with Crippen LogP contribution in [0.4, 0.5) is 5.00 Å². The maximum Gasteiger partial charge on any atom is 0.348 e. The highest BCUT2D eigenvalue weighted by Crippen LogP contribution is 2.26.